The van der Waals surface area contributed by atoms with E-state index in [0.29, 0.717) is 19.3 Å². The lowest BCUT2D eigenvalue weighted by molar-refractivity contribution is -0.111. The Morgan fingerprint density at radius 1 is 0.542 bits per heavy atom. The number of carbonyl (C=O) groups is 3. The zero-order valence-corrected chi connectivity index (χ0v) is 16.4. The van der Waals surface area contributed by atoms with E-state index in [4.69, 9.17) is 34.8 Å². The van der Waals surface area contributed by atoms with E-state index >= 15 is 0 Å². The molecule has 0 heterocycles. The Morgan fingerprint density at radius 3 is 0.875 bits per heavy atom. The highest BCUT2D eigenvalue weighted by molar-refractivity contribution is 6.64. The van der Waals surface area contributed by atoms with Gasteiger partial charge in [-0.2, -0.15) is 0 Å². The zero-order chi connectivity index (χ0) is 18.4. The van der Waals surface area contributed by atoms with E-state index in [-0.39, 0.29) is 19.3 Å². The van der Waals surface area contributed by atoms with Crippen molar-refractivity contribution in [1.82, 2.24) is 0 Å². The molecule has 0 spiro atoms. The van der Waals surface area contributed by atoms with E-state index in [2.05, 4.69) is 0 Å². The van der Waals surface area contributed by atoms with E-state index in [1.54, 1.807) is 0 Å². The van der Waals surface area contributed by atoms with Crippen molar-refractivity contribution < 1.29 is 14.4 Å². The minimum atomic E-state index is -0.477. The van der Waals surface area contributed by atoms with Gasteiger partial charge in [0.2, 0.25) is 15.7 Å². The predicted octanol–water partition coefficient (Wildman–Crippen LogP) is 4.30. The maximum absolute atomic E-state index is 11.6. The Labute approximate surface area is 157 Å². The van der Waals surface area contributed by atoms with Crippen LogP contribution in [0.1, 0.15) is 54.2 Å². The zero-order valence-electron chi connectivity index (χ0n) is 14.1. The fraction of sp³-hybridized carbons (Fsp3) is 0.500. The molecule has 0 aliphatic heterocycles. The maximum atomic E-state index is 11.6. The van der Waals surface area contributed by atoms with Gasteiger partial charge in [-0.05, 0) is 87.4 Å². The Kier molecular flexibility index (Phi) is 8.41. The summed E-state index contributed by atoms with van der Waals surface area (Å²) in [5, 5.41) is -1.43. The van der Waals surface area contributed by atoms with Crippen LogP contribution in [-0.4, -0.2) is 15.7 Å². The van der Waals surface area contributed by atoms with Gasteiger partial charge in [-0.15, -0.1) is 0 Å². The summed E-state index contributed by atoms with van der Waals surface area (Å²) >= 11 is 16.9. The minimum Gasteiger partial charge on any atom is -0.281 e. The van der Waals surface area contributed by atoms with Crippen LogP contribution in [0.3, 0.4) is 0 Å². The molecule has 132 valence electrons. The Morgan fingerprint density at radius 2 is 0.750 bits per heavy atom. The monoisotopic (exact) mass is 390 g/mol. The van der Waals surface area contributed by atoms with Gasteiger partial charge in [0, 0.05) is 19.3 Å². The molecule has 0 aliphatic carbocycles. The van der Waals surface area contributed by atoms with Gasteiger partial charge in [0.05, 0.1) is 0 Å². The second-order valence-corrected chi connectivity index (χ2v) is 6.79. The van der Waals surface area contributed by atoms with E-state index in [0.717, 1.165) is 33.4 Å². The van der Waals surface area contributed by atoms with Crippen molar-refractivity contribution in [3.63, 3.8) is 0 Å². The van der Waals surface area contributed by atoms with Crippen LogP contribution >= 0.6 is 34.8 Å². The topological polar surface area (TPSA) is 51.2 Å². The highest BCUT2D eigenvalue weighted by Crippen LogP contribution is 2.32. The van der Waals surface area contributed by atoms with Crippen molar-refractivity contribution in [1.29, 1.82) is 0 Å². The molecule has 0 fully saturated rings. The van der Waals surface area contributed by atoms with Gasteiger partial charge in [0.15, 0.2) is 0 Å². The fourth-order valence-electron chi connectivity index (χ4n) is 3.43. The Balaban J connectivity index is 3.87. The molecule has 1 aromatic carbocycles. The maximum Gasteiger partial charge on any atom is 0.226 e. The van der Waals surface area contributed by atoms with Crippen molar-refractivity contribution in [3.8, 4) is 0 Å². The summed E-state index contributed by atoms with van der Waals surface area (Å²) < 4.78 is 0. The van der Waals surface area contributed by atoms with Crippen LogP contribution in [0, 0.1) is 0 Å². The van der Waals surface area contributed by atoms with Crippen molar-refractivity contribution in [2.24, 2.45) is 0 Å². The molecular weight excluding hydrogens is 371 g/mol. The lowest BCUT2D eigenvalue weighted by Gasteiger charge is -2.24. The van der Waals surface area contributed by atoms with E-state index in [1.807, 2.05) is 20.8 Å². The standard InChI is InChI=1S/C18H21Cl3O3/c1-4-10-13(7-16(19)22)11(5-2)15(9-18(21)24)12(6-3)14(10)8-17(20)23/h4-9H2,1-3H3. The molecule has 0 unspecified atom stereocenters. The first-order valence-corrected chi connectivity index (χ1v) is 9.12. The second-order valence-electron chi connectivity index (χ2n) is 5.53. The first-order valence-electron chi connectivity index (χ1n) is 7.98. The van der Waals surface area contributed by atoms with E-state index in [1.165, 1.54) is 0 Å². The smallest absolute Gasteiger partial charge is 0.226 e. The minimum absolute atomic E-state index is 0.0604. The highest BCUT2D eigenvalue weighted by Gasteiger charge is 2.24. The van der Waals surface area contributed by atoms with Crippen LogP contribution in [0.25, 0.3) is 0 Å². The normalized spacial score (nSPS) is 10.8. The molecule has 0 N–H and O–H groups in total. The number of hydrogen-bond donors (Lipinski definition) is 0. The number of halogens is 3. The van der Waals surface area contributed by atoms with Crippen LogP contribution in [0.15, 0.2) is 0 Å². The van der Waals surface area contributed by atoms with Gasteiger partial charge >= 0.3 is 0 Å². The third-order valence-electron chi connectivity index (χ3n) is 4.19. The van der Waals surface area contributed by atoms with Gasteiger partial charge < -0.3 is 0 Å². The second kappa shape index (κ2) is 9.55. The number of carbonyl (C=O) groups excluding carboxylic acids is 3. The molecule has 6 heteroatoms. The summed E-state index contributed by atoms with van der Waals surface area (Å²) in [6.45, 7) is 5.89. The third kappa shape index (κ3) is 5.05. The average Bonchev–Trinajstić information content (AvgIpc) is 2.46. The van der Waals surface area contributed by atoms with E-state index < -0.39 is 15.7 Å². The highest BCUT2D eigenvalue weighted by atomic mass is 35.5. The summed E-state index contributed by atoms with van der Waals surface area (Å²) in [4.78, 5) is 34.7. The van der Waals surface area contributed by atoms with Gasteiger partial charge in [-0.3, -0.25) is 14.4 Å². The van der Waals surface area contributed by atoms with Gasteiger partial charge in [0.25, 0.3) is 0 Å². The summed E-state index contributed by atoms with van der Waals surface area (Å²) in [6.07, 6.45) is 2.12. The fourth-order valence-corrected chi connectivity index (χ4v) is 3.83. The van der Waals surface area contributed by atoms with Crippen LogP contribution in [-0.2, 0) is 52.9 Å². The van der Waals surface area contributed by atoms with Crippen LogP contribution < -0.4 is 0 Å². The van der Waals surface area contributed by atoms with Crippen molar-refractivity contribution in [2.45, 2.75) is 59.3 Å². The summed E-state index contributed by atoms with van der Waals surface area (Å²) in [5.41, 5.74) is 5.20. The van der Waals surface area contributed by atoms with Crippen LogP contribution in [0.4, 0.5) is 0 Å². The molecule has 3 nitrogen and oxygen atoms in total. The first kappa shape index (κ1) is 21.1. The molecule has 0 bridgehead atoms. The lowest BCUT2D eigenvalue weighted by atomic mass is 9.81. The molecule has 0 aromatic heterocycles. The molecule has 1 aromatic rings. The first-order chi connectivity index (χ1) is 11.3. The van der Waals surface area contributed by atoms with Crippen molar-refractivity contribution in [3.05, 3.63) is 33.4 Å². The largest absolute Gasteiger partial charge is 0.281 e. The molecular formula is C18H21Cl3O3. The molecule has 0 amide bonds. The van der Waals surface area contributed by atoms with Gasteiger partial charge in [0.1, 0.15) is 0 Å². The Bertz CT molecular complexity index is 554. The van der Waals surface area contributed by atoms with E-state index in [9.17, 15) is 14.4 Å². The number of benzene rings is 1. The molecule has 0 radical (unpaired) electrons. The summed E-state index contributed by atoms with van der Waals surface area (Å²) in [7, 11) is 0. The van der Waals surface area contributed by atoms with Gasteiger partial charge in [-0.1, -0.05) is 20.8 Å². The lowest BCUT2D eigenvalue weighted by Crippen LogP contribution is -2.17. The van der Waals surface area contributed by atoms with Crippen molar-refractivity contribution in [2.75, 3.05) is 0 Å². The SMILES string of the molecule is CCc1c(CC(=O)Cl)c(CC)c(CC(=O)Cl)c(CC)c1CC(=O)Cl. The molecule has 0 aliphatic rings. The van der Waals surface area contributed by atoms with Crippen molar-refractivity contribution >= 4 is 50.5 Å². The van der Waals surface area contributed by atoms with Gasteiger partial charge in [-0.25, -0.2) is 0 Å². The summed E-state index contributed by atoms with van der Waals surface area (Å²) in [5.74, 6) is 0. The number of hydrogen-bond acceptors (Lipinski definition) is 3. The Hall–Kier alpha value is -0.900. The molecule has 0 saturated heterocycles. The predicted molar refractivity (Wildman–Crippen MR) is 98.3 cm³/mol. The quantitative estimate of drug-likeness (QED) is 0.590. The molecule has 1 rings (SSSR count). The van der Waals surface area contributed by atoms with Crippen LogP contribution in [0.2, 0.25) is 0 Å². The average molecular weight is 392 g/mol. The molecule has 24 heavy (non-hydrogen) atoms. The molecule has 0 atom stereocenters. The molecule has 0 saturated carbocycles. The number of rotatable bonds is 9. The summed E-state index contributed by atoms with van der Waals surface area (Å²) in [6, 6.07) is 0. The third-order valence-corrected chi connectivity index (χ3v) is 4.59. The van der Waals surface area contributed by atoms with Crippen LogP contribution in [0.5, 0.6) is 0 Å².